The van der Waals surface area contributed by atoms with Crippen LogP contribution in [0.25, 0.3) is 0 Å². The molecular formula is C19H23N3OS. The van der Waals surface area contributed by atoms with Gasteiger partial charge in [-0.1, -0.05) is 20.8 Å². The third-order valence-electron chi connectivity index (χ3n) is 5.31. The minimum Gasteiger partial charge on any atom is -0.353 e. The van der Waals surface area contributed by atoms with Gasteiger partial charge in [0.2, 0.25) is 0 Å². The fourth-order valence-electron chi connectivity index (χ4n) is 3.76. The van der Waals surface area contributed by atoms with Crippen LogP contribution in [0.2, 0.25) is 0 Å². The molecule has 4 rings (SSSR count). The van der Waals surface area contributed by atoms with Crippen LogP contribution in [0.1, 0.15) is 59.7 Å². The molecule has 0 unspecified atom stereocenters. The fourth-order valence-corrected chi connectivity index (χ4v) is 5.11. The van der Waals surface area contributed by atoms with E-state index in [0.29, 0.717) is 11.3 Å². The molecular weight excluding hydrogens is 318 g/mol. The van der Waals surface area contributed by atoms with Gasteiger partial charge in [-0.05, 0) is 53.9 Å². The van der Waals surface area contributed by atoms with E-state index in [1.54, 1.807) is 23.7 Å². The lowest BCUT2D eigenvalue weighted by atomic mass is 9.72. The molecule has 0 saturated heterocycles. The number of hydrogen-bond acceptors (Lipinski definition) is 4. The largest absolute Gasteiger partial charge is 0.353 e. The van der Waals surface area contributed by atoms with E-state index in [2.05, 4.69) is 36.4 Å². The molecule has 0 saturated carbocycles. The summed E-state index contributed by atoms with van der Waals surface area (Å²) in [6.07, 6.45) is 6.61. The molecule has 3 heterocycles. The molecule has 2 aliphatic rings. The van der Waals surface area contributed by atoms with Crippen molar-refractivity contribution in [1.29, 1.82) is 0 Å². The first kappa shape index (κ1) is 15.6. The predicted molar refractivity (Wildman–Crippen MR) is 97.4 cm³/mol. The van der Waals surface area contributed by atoms with Crippen molar-refractivity contribution in [3.05, 3.63) is 46.1 Å². The molecule has 2 atom stereocenters. The second kappa shape index (κ2) is 5.59. The summed E-state index contributed by atoms with van der Waals surface area (Å²) in [6.45, 7) is 6.96. The van der Waals surface area contributed by atoms with Crippen LogP contribution >= 0.6 is 11.3 Å². The maximum Gasteiger partial charge on any atom is 0.256 e. The van der Waals surface area contributed by atoms with Gasteiger partial charge in [-0.25, -0.2) is 0 Å². The zero-order chi connectivity index (χ0) is 16.9. The van der Waals surface area contributed by atoms with Crippen LogP contribution in [0.5, 0.6) is 0 Å². The second-order valence-electron chi connectivity index (χ2n) is 7.85. The Bertz CT molecular complexity index is 776. The number of carbonyl (C=O) groups excluding carboxylic acids is 1. The monoisotopic (exact) mass is 341 g/mol. The number of thiophene rings is 1. The number of aromatic nitrogens is 1. The number of hydrogen-bond donors (Lipinski definition) is 2. The zero-order valence-electron chi connectivity index (χ0n) is 14.3. The lowest BCUT2D eigenvalue weighted by Gasteiger charge is -2.34. The van der Waals surface area contributed by atoms with Gasteiger partial charge in [0.1, 0.15) is 11.2 Å². The van der Waals surface area contributed by atoms with Crippen molar-refractivity contribution in [3.8, 4) is 0 Å². The number of amides is 1. The van der Waals surface area contributed by atoms with E-state index >= 15 is 0 Å². The molecule has 2 aromatic rings. The van der Waals surface area contributed by atoms with E-state index in [-0.39, 0.29) is 12.1 Å². The number of anilines is 1. The molecule has 1 aliphatic carbocycles. The van der Waals surface area contributed by atoms with Crippen LogP contribution in [0.15, 0.2) is 24.5 Å². The molecule has 0 spiro atoms. The van der Waals surface area contributed by atoms with Crippen molar-refractivity contribution in [3.63, 3.8) is 0 Å². The van der Waals surface area contributed by atoms with Crippen molar-refractivity contribution in [2.75, 3.05) is 5.32 Å². The molecule has 0 aromatic carbocycles. The maximum atomic E-state index is 12.7. The van der Waals surface area contributed by atoms with Gasteiger partial charge in [-0.15, -0.1) is 11.3 Å². The zero-order valence-corrected chi connectivity index (χ0v) is 15.2. The highest BCUT2D eigenvalue weighted by molar-refractivity contribution is 7.16. The first-order valence-corrected chi connectivity index (χ1v) is 9.37. The molecule has 1 amide bonds. The average molecular weight is 341 g/mol. The van der Waals surface area contributed by atoms with Crippen LogP contribution in [0.4, 0.5) is 5.00 Å². The molecule has 0 fully saturated rings. The van der Waals surface area contributed by atoms with Crippen LogP contribution in [0.3, 0.4) is 0 Å². The van der Waals surface area contributed by atoms with E-state index in [9.17, 15) is 4.79 Å². The maximum absolute atomic E-state index is 12.7. The van der Waals surface area contributed by atoms with Crippen molar-refractivity contribution in [2.24, 2.45) is 11.3 Å². The van der Waals surface area contributed by atoms with Crippen LogP contribution in [-0.2, 0) is 12.8 Å². The first-order valence-electron chi connectivity index (χ1n) is 8.55. The Hall–Kier alpha value is -1.88. The Morgan fingerprint density at radius 2 is 1.96 bits per heavy atom. The predicted octanol–water partition coefficient (Wildman–Crippen LogP) is 4.15. The minimum atomic E-state index is -0.175. The number of fused-ring (bicyclic) bond motifs is 3. The third kappa shape index (κ3) is 2.61. The Balaban J connectivity index is 1.66. The summed E-state index contributed by atoms with van der Waals surface area (Å²) in [5.74, 6) is 0.737. The standard InChI is InChI=1S/C19H23N3OS/c1-19(2,3)12-4-5-13-14(10-12)24-18-15(13)17(23)21-16(22-18)11-6-8-20-9-7-11/h6-9,12,16,22H,4-5,10H2,1-3H3,(H,21,23)/t12-,16-/m0/s1. The summed E-state index contributed by atoms with van der Waals surface area (Å²) >= 11 is 1.77. The topological polar surface area (TPSA) is 54.0 Å². The molecule has 5 heteroatoms. The molecule has 24 heavy (non-hydrogen) atoms. The second-order valence-corrected chi connectivity index (χ2v) is 8.95. The van der Waals surface area contributed by atoms with Gasteiger partial charge < -0.3 is 10.6 Å². The summed E-state index contributed by atoms with van der Waals surface area (Å²) in [5.41, 5.74) is 3.50. The lowest BCUT2D eigenvalue weighted by molar-refractivity contribution is 0.0935. The van der Waals surface area contributed by atoms with Gasteiger partial charge in [-0.2, -0.15) is 0 Å². The summed E-state index contributed by atoms with van der Waals surface area (Å²) in [7, 11) is 0. The molecule has 0 bridgehead atoms. The van der Waals surface area contributed by atoms with Crippen molar-refractivity contribution in [1.82, 2.24) is 10.3 Å². The Labute approximate surface area is 146 Å². The Morgan fingerprint density at radius 1 is 1.21 bits per heavy atom. The molecule has 2 aromatic heterocycles. The van der Waals surface area contributed by atoms with Crippen molar-refractivity contribution < 1.29 is 4.79 Å². The first-order chi connectivity index (χ1) is 11.4. The third-order valence-corrected chi connectivity index (χ3v) is 6.49. The fraction of sp³-hybridized carbons (Fsp3) is 0.474. The molecule has 4 nitrogen and oxygen atoms in total. The van der Waals surface area contributed by atoms with E-state index in [0.717, 1.165) is 29.0 Å². The highest BCUT2D eigenvalue weighted by atomic mass is 32.1. The minimum absolute atomic E-state index is 0.0530. The van der Waals surface area contributed by atoms with E-state index in [1.165, 1.54) is 16.9 Å². The van der Waals surface area contributed by atoms with Gasteiger partial charge in [0.05, 0.1) is 5.56 Å². The number of nitrogens with zero attached hydrogens (tertiary/aromatic N) is 1. The number of nitrogens with one attached hydrogen (secondary N) is 2. The Morgan fingerprint density at radius 3 is 2.67 bits per heavy atom. The van der Waals surface area contributed by atoms with Crippen molar-refractivity contribution >= 4 is 22.2 Å². The number of rotatable bonds is 1. The van der Waals surface area contributed by atoms with E-state index < -0.39 is 0 Å². The number of pyridine rings is 1. The lowest BCUT2D eigenvalue weighted by Crippen LogP contribution is -2.38. The van der Waals surface area contributed by atoms with Crippen molar-refractivity contribution in [2.45, 2.75) is 46.2 Å². The van der Waals surface area contributed by atoms with Crippen LogP contribution < -0.4 is 10.6 Å². The van der Waals surface area contributed by atoms with Gasteiger partial charge >= 0.3 is 0 Å². The van der Waals surface area contributed by atoms with E-state index in [1.807, 2.05) is 12.1 Å². The smallest absolute Gasteiger partial charge is 0.256 e. The Kier molecular flexibility index (Phi) is 3.64. The number of carbonyl (C=O) groups is 1. The highest BCUT2D eigenvalue weighted by Crippen LogP contribution is 2.45. The summed E-state index contributed by atoms with van der Waals surface area (Å²) in [5, 5.41) is 7.64. The SMILES string of the molecule is CC(C)(C)[C@H]1CCc2c(sc3c2C(=O)N[C@H](c2ccncc2)N3)C1. The van der Waals surface area contributed by atoms with Gasteiger partial charge in [0.15, 0.2) is 0 Å². The molecule has 1 aliphatic heterocycles. The quantitative estimate of drug-likeness (QED) is 0.819. The van der Waals surface area contributed by atoms with Gasteiger partial charge in [0, 0.05) is 17.3 Å². The average Bonchev–Trinajstić information content (AvgIpc) is 2.92. The molecule has 2 N–H and O–H groups in total. The van der Waals surface area contributed by atoms with Gasteiger partial charge in [0.25, 0.3) is 5.91 Å². The van der Waals surface area contributed by atoms with Crippen LogP contribution in [-0.4, -0.2) is 10.9 Å². The molecule has 126 valence electrons. The summed E-state index contributed by atoms with van der Waals surface area (Å²) in [6, 6.07) is 3.87. The summed E-state index contributed by atoms with van der Waals surface area (Å²) in [4.78, 5) is 18.2. The van der Waals surface area contributed by atoms with E-state index in [4.69, 9.17) is 0 Å². The van der Waals surface area contributed by atoms with Gasteiger partial charge in [-0.3, -0.25) is 9.78 Å². The molecule has 0 radical (unpaired) electrons. The highest BCUT2D eigenvalue weighted by Gasteiger charge is 2.36. The van der Waals surface area contributed by atoms with Crippen LogP contribution in [0, 0.1) is 11.3 Å². The summed E-state index contributed by atoms with van der Waals surface area (Å²) < 4.78 is 0. The normalized spacial score (nSPS) is 23.0.